The van der Waals surface area contributed by atoms with Gasteiger partial charge >= 0.3 is 0 Å². The number of methoxy groups -OCH3 is 1. The van der Waals surface area contributed by atoms with Gasteiger partial charge < -0.3 is 19.1 Å². The van der Waals surface area contributed by atoms with Crippen molar-refractivity contribution >= 4 is 16.9 Å². The van der Waals surface area contributed by atoms with Gasteiger partial charge in [0.2, 0.25) is 0 Å². The first-order valence-electron chi connectivity index (χ1n) is 4.45. The highest BCUT2D eigenvalue weighted by Crippen LogP contribution is 2.24. The Labute approximate surface area is 86.1 Å². The number of hydrogen-bond donors (Lipinski definition) is 0. The molecule has 0 N–H and O–H groups in total. The number of hydrogen-bond acceptors (Lipinski definition) is 4. The van der Waals surface area contributed by atoms with Crippen molar-refractivity contribution in [2.24, 2.45) is 0 Å². The molecule has 0 saturated heterocycles. The number of carbonyl (C=O) groups excluding carboxylic acids is 1. The van der Waals surface area contributed by atoms with Gasteiger partial charge in [-0.25, -0.2) is 0 Å². The predicted octanol–water partition coefficient (Wildman–Crippen LogP) is 0.734. The van der Waals surface area contributed by atoms with Crippen molar-refractivity contribution in [2.75, 3.05) is 7.11 Å². The summed E-state index contributed by atoms with van der Waals surface area (Å²) in [5.74, 6) is -0.0532. The molecular formula is C11H9O4-. The Morgan fingerprint density at radius 2 is 2.27 bits per heavy atom. The molecule has 0 amide bonds. The van der Waals surface area contributed by atoms with E-state index in [9.17, 15) is 9.90 Å². The zero-order chi connectivity index (χ0) is 10.8. The molecule has 0 saturated carbocycles. The molecule has 0 aliphatic heterocycles. The van der Waals surface area contributed by atoms with Crippen molar-refractivity contribution in [2.45, 2.75) is 6.42 Å². The highest BCUT2D eigenvalue weighted by Gasteiger charge is 2.04. The average Bonchev–Trinajstić information content (AvgIpc) is 2.57. The summed E-state index contributed by atoms with van der Waals surface area (Å²) in [5.41, 5.74) is 0.645. The monoisotopic (exact) mass is 205 g/mol. The Balaban J connectivity index is 2.42. The van der Waals surface area contributed by atoms with Gasteiger partial charge in [0.05, 0.1) is 7.11 Å². The zero-order valence-corrected chi connectivity index (χ0v) is 8.15. The fourth-order valence-electron chi connectivity index (χ4n) is 1.43. The number of aliphatic carboxylic acids is 1. The maximum atomic E-state index is 10.4. The summed E-state index contributed by atoms with van der Waals surface area (Å²) in [6.45, 7) is 0. The molecule has 2 rings (SSSR count). The minimum Gasteiger partial charge on any atom is -0.550 e. The van der Waals surface area contributed by atoms with Crippen LogP contribution in [0.3, 0.4) is 0 Å². The number of ether oxygens (including phenoxy) is 1. The van der Waals surface area contributed by atoms with E-state index in [-0.39, 0.29) is 6.42 Å². The number of fused-ring (bicyclic) bond motifs is 1. The van der Waals surface area contributed by atoms with E-state index in [1.807, 2.05) is 0 Å². The largest absolute Gasteiger partial charge is 0.550 e. The van der Waals surface area contributed by atoms with E-state index in [1.54, 1.807) is 31.4 Å². The van der Waals surface area contributed by atoms with Crippen molar-refractivity contribution < 1.29 is 19.1 Å². The van der Waals surface area contributed by atoms with Crippen LogP contribution in [-0.4, -0.2) is 13.1 Å². The number of carboxylic acids is 1. The van der Waals surface area contributed by atoms with Gasteiger partial charge in [0.1, 0.15) is 17.1 Å². The van der Waals surface area contributed by atoms with Gasteiger partial charge in [-0.05, 0) is 24.3 Å². The summed E-state index contributed by atoms with van der Waals surface area (Å²) < 4.78 is 10.3. The van der Waals surface area contributed by atoms with Crippen molar-refractivity contribution in [3.63, 3.8) is 0 Å². The zero-order valence-electron chi connectivity index (χ0n) is 8.15. The molecule has 15 heavy (non-hydrogen) atoms. The molecule has 0 aliphatic carbocycles. The van der Waals surface area contributed by atoms with E-state index >= 15 is 0 Å². The normalized spacial score (nSPS) is 10.5. The fraction of sp³-hybridized carbons (Fsp3) is 0.182. The number of benzene rings is 1. The van der Waals surface area contributed by atoms with Crippen LogP contribution in [-0.2, 0) is 11.2 Å². The first-order chi connectivity index (χ1) is 7.19. The molecule has 4 nitrogen and oxygen atoms in total. The molecule has 0 unspecified atom stereocenters. The van der Waals surface area contributed by atoms with Gasteiger partial charge in [0.25, 0.3) is 0 Å². The van der Waals surface area contributed by atoms with E-state index in [1.165, 1.54) is 0 Å². The maximum absolute atomic E-state index is 10.4. The third-order valence-electron chi connectivity index (χ3n) is 2.09. The summed E-state index contributed by atoms with van der Waals surface area (Å²) in [5, 5.41) is 11.2. The summed E-state index contributed by atoms with van der Waals surface area (Å²) >= 11 is 0. The third-order valence-corrected chi connectivity index (χ3v) is 2.09. The third kappa shape index (κ3) is 1.93. The molecule has 0 bridgehead atoms. The molecule has 4 heteroatoms. The molecule has 1 aromatic carbocycles. The molecule has 1 aromatic heterocycles. The minimum atomic E-state index is -1.15. The molecule has 78 valence electrons. The van der Waals surface area contributed by atoms with E-state index in [0.717, 1.165) is 5.39 Å². The molecule has 0 aliphatic rings. The lowest BCUT2D eigenvalue weighted by Gasteiger charge is -1.96. The van der Waals surface area contributed by atoms with Crippen LogP contribution in [0.25, 0.3) is 11.0 Å². The molecule has 0 radical (unpaired) electrons. The van der Waals surface area contributed by atoms with Gasteiger partial charge in [-0.15, -0.1) is 0 Å². The van der Waals surface area contributed by atoms with Crippen LogP contribution in [0.15, 0.2) is 28.7 Å². The van der Waals surface area contributed by atoms with Gasteiger partial charge in [-0.2, -0.15) is 0 Å². The SMILES string of the molecule is COc1ccc2oc(CC(=O)[O-])cc2c1. The van der Waals surface area contributed by atoms with E-state index in [4.69, 9.17) is 9.15 Å². The molecule has 2 aromatic rings. The van der Waals surface area contributed by atoms with E-state index < -0.39 is 5.97 Å². The summed E-state index contributed by atoms with van der Waals surface area (Å²) in [6.07, 6.45) is -0.211. The standard InChI is InChI=1S/C11H10O4/c1-14-8-2-3-10-7(4-8)5-9(15-10)6-11(12)13/h2-5H,6H2,1H3,(H,12,13)/p-1. The van der Waals surface area contributed by atoms with Crippen LogP contribution < -0.4 is 9.84 Å². The number of carboxylic acid groups (broad SMARTS) is 1. The Hall–Kier alpha value is -1.97. The second-order valence-electron chi connectivity index (χ2n) is 3.17. The van der Waals surface area contributed by atoms with E-state index in [2.05, 4.69) is 0 Å². The predicted molar refractivity (Wildman–Crippen MR) is 51.5 cm³/mol. The fourth-order valence-corrected chi connectivity index (χ4v) is 1.43. The minimum absolute atomic E-state index is 0.211. The van der Waals surface area contributed by atoms with E-state index in [0.29, 0.717) is 17.1 Å². The van der Waals surface area contributed by atoms with Crippen molar-refractivity contribution in [1.29, 1.82) is 0 Å². The lowest BCUT2D eigenvalue weighted by Crippen LogP contribution is -2.24. The van der Waals surface area contributed by atoms with Crippen LogP contribution in [0.2, 0.25) is 0 Å². The Kier molecular flexibility index (Phi) is 2.33. The number of rotatable bonds is 3. The van der Waals surface area contributed by atoms with Crippen LogP contribution in [0.1, 0.15) is 5.76 Å². The lowest BCUT2D eigenvalue weighted by atomic mass is 10.2. The second kappa shape index (κ2) is 3.65. The van der Waals surface area contributed by atoms with Gasteiger partial charge in [0.15, 0.2) is 0 Å². The molecular weight excluding hydrogens is 196 g/mol. The average molecular weight is 205 g/mol. The topological polar surface area (TPSA) is 62.5 Å². The maximum Gasteiger partial charge on any atom is 0.134 e. The molecule has 0 spiro atoms. The first kappa shape index (κ1) is 9.58. The van der Waals surface area contributed by atoms with Crippen LogP contribution in [0.4, 0.5) is 0 Å². The smallest absolute Gasteiger partial charge is 0.134 e. The number of carbonyl (C=O) groups is 1. The molecule has 1 heterocycles. The second-order valence-corrected chi connectivity index (χ2v) is 3.17. The van der Waals surface area contributed by atoms with Crippen LogP contribution in [0, 0.1) is 0 Å². The molecule has 0 fully saturated rings. The first-order valence-corrected chi connectivity index (χ1v) is 4.45. The Bertz CT molecular complexity index is 498. The van der Waals surface area contributed by atoms with Crippen molar-refractivity contribution in [3.05, 3.63) is 30.0 Å². The molecule has 0 atom stereocenters. The van der Waals surface area contributed by atoms with Crippen molar-refractivity contribution in [3.8, 4) is 5.75 Å². The highest BCUT2D eigenvalue weighted by molar-refractivity contribution is 5.80. The van der Waals surface area contributed by atoms with Gasteiger partial charge in [0, 0.05) is 17.8 Å². The quantitative estimate of drug-likeness (QED) is 0.741. The van der Waals surface area contributed by atoms with Crippen LogP contribution >= 0.6 is 0 Å². The summed E-state index contributed by atoms with van der Waals surface area (Å²) in [7, 11) is 1.57. The van der Waals surface area contributed by atoms with Crippen LogP contribution in [0.5, 0.6) is 5.75 Å². The Morgan fingerprint density at radius 1 is 1.47 bits per heavy atom. The van der Waals surface area contributed by atoms with Crippen molar-refractivity contribution in [1.82, 2.24) is 0 Å². The highest BCUT2D eigenvalue weighted by atomic mass is 16.5. The summed E-state index contributed by atoms with van der Waals surface area (Å²) in [6, 6.07) is 6.97. The van der Waals surface area contributed by atoms with Gasteiger partial charge in [-0.1, -0.05) is 0 Å². The van der Waals surface area contributed by atoms with Gasteiger partial charge in [-0.3, -0.25) is 0 Å². The Morgan fingerprint density at radius 3 is 2.93 bits per heavy atom. The summed E-state index contributed by atoms with van der Waals surface area (Å²) in [4.78, 5) is 10.4. The number of furan rings is 1. The lowest BCUT2D eigenvalue weighted by molar-refractivity contribution is -0.305.